The van der Waals surface area contributed by atoms with Crippen molar-refractivity contribution in [3.05, 3.63) is 12.2 Å². The van der Waals surface area contributed by atoms with Crippen LogP contribution in [0.3, 0.4) is 0 Å². The molecule has 106 valence electrons. The minimum Gasteiger partial charge on any atom is -0.480 e. The number of amides is 1. The number of aliphatic carboxylic acids is 1. The second kappa shape index (κ2) is 6.22. The van der Waals surface area contributed by atoms with E-state index in [0.29, 0.717) is 18.8 Å². The Balaban J connectivity index is 1.93. The lowest BCUT2D eigenvalue weighted by Gasteiger charge is -2.33. The maximum Gasteiger partial charge on any atom is 0.329 e. The van der Waals surface area contributed by atoms with Crippen LogP contribution < -0.4 is 5.32 Å². The van der Waals surface area contributed by atoms with Crippen molar-refractivity contribution in [3.8, 4) is 0 Å². The summed E-state index contributed by atoms with van der Waals surface area (Å²) in [7, 11) is 0. The first kappa shape index (κ1) is 14.1. The molecule has 0 atom stereocenters. The Hall–Kier alpha value is -1.32. The fourth-order valence-corrected chi connectivity index (χ4v) is 3.20. The third-order valence-corrected chi connectivity index (χ3v) is 4.40. The summed E-state index contributed by atoms with van der Waals surface area (Å²) < 4.78 is 0. The summed E-state index contributed by atoms with van der Waals surface area (Å²) in [5.41, 5.74) is -1.03. The number of carboxylic acids is 1. The number of rotatable bonds is 4. The Labute approximate surface area is 114 Å². The molecule has 2 aliphatic carbocycles. The number of carbonyl (C=O) groups excluding carboxylic acids is 1. The van der Waals surface area contributed by atoms with Gasteiger partial charge in [0.05, 0.1) is 0 Å². The van der Waals surface area contributed by atoms with Crippen LogP contribution in [-0.2, 0) is 9.59 Å². The molecule has 0 aromatic heterocycles. The van der Waals surface area contributed by atoms with E-state index >= 15 is 0 Å². The smallest absolute Gasteiger partial charge is 0.329 e. The lowest BCUT2D eigenvalue weighted by molar-refractivity contribution is -0.148. The maximum absolute atomic E-state index is 11.9. The summed E-state index contributed by atoms with van der Waals surface area (Å²) in [5, 5.41) is 12.1. The van der Waals surface area contributed by atoms with E-state index in [1.165, 1.54) is 18.9 Å². The Morgan fingerprint density at radius 3 is 2.26 bits per heavy atom. The fraction of sp³-hybridized carbons (Fsp3) is 0.733. The normalized spacial score (nSPS) is 23.6. The molecule has 0 aromatic carbocycles. The molecule has 0 bridgehead atoms. The predicted molar refractivity (Wildman–Crippen MR) is 72.7 cm³/mol. The first-order valence-electron chi connectivity index (χ1n) is 7.36. The fourth-order valence-electron chi connectivity index (χ4n) is 3.20. The molecule has 0 heterocycles. The number of carboxylic acid groups (broad SMARTS) is 1. The van der Waals surface area contributed by atoms with E-state index in [2.05, 4.69) is 5.32 Å². The lowest BCUT2D eigenvalue weighted by atomic mass is 9.81. The minimum atomic E-state index is -1.03. The van der Waals surface area contributed by atoms with Gasteiger partial charge in [-0.3, -0.25) is 4.79 Å². The van der Waals surface area contributed by atoms with Crippen LogP contribution in [0.4, 0.5) is 0 Å². The Morgan fingerprint density at radius 2 is 1.68 bits per heavy atom. The van der Waals surface area contributed by atoms with E-state index in [4.69, 9.17) is 0 Å². The van der Waals surface area contributed by atoms with Gasteiger partial charge in [-0.1, -0.05) is 38.2 Å². The highest BCUT2D eigenvalue weighted by molar-refractivity contribution is 5.93. The number of carbonyl (C=O) groups is 2. The van der Waals surface area contributed by atoms with Gasteiger partial charge in [0.2, 0.25) is 5.91 Å². The monoisotopic (exact) mass is 265 g/mol. The number of nitrogens with one attached hydrogen (secondary N) is 1. The van der Waals surface area contributed by atoms with E-state index in [-0.39, 0.29) is 5.91 Å². The van der Waals surface area contributed by atoms with Crippen LogP contribution in [0, 0.1) is 5.92 Å². The highest BCUT2D eigenvalue weighted by Gasteiger charge is 2.40. The van der Waals surface area contributed by atoms with Crippen LogP contribution in [0.25, 0.3) is 0 Å². The molecular weight excluding hydrogens is 242 g/mol. The predicted octanol–water partition coefficient (Wildman–Crippen LogP) is 2.64. The van der Waals surface area contributed by atoms with Crippen molar-refractivity contribution in [2.75, 3.05) is 0 Å². The highest BCUT2D eigenvalue weighted by Crippen LogP contribution is 2.29. The van der Waals surface area contributed by atoms with Gasteiger partial charge in [-0.15, -0.1) is 0 Å². The molecule has 2 saturated carbocycles. The van der Waals surface area contributed by atoms with E-state index in [9.17, 15) is 14.7 Å². The van der Waals surface area contributed by atoms with Crippen molar-refractivity contribution >= 4 is 11.9 Å². The van der Waals surface area contributed by atoms with Gasteiger partial charge in [-0.25, -0.2) is 4.79 Å². The molecule has 4 nitrogen and oxygen atoms in total. The van der Waals surface area contributed by atoms with Crippen molar-refractivity contribution in [1.29, 1.82) is 0 Å². The molecule has 2 fully saturated rings. The lowest BCUT2D eigenvalue weighted by Crippen LogP contribution is -2.55. The molecule has 0 spiro atoms. The van der Waals surface area contributed by atoms with Gasteiger partial charge in [0, 0.05) is 0 Å². The third kappa shape index (κ3) is 3.58. The molecule has 0 radical (unpaired) electrons. The number of hydrogen-bond donors (Lipinski definition) is 2. The molecule has 0 aliphatic heterocycles. The summed E-state index contributed by atoms with van der Waals surface area (Å²) in [4.78, 5) is 23.3. The Bertz CT molecular complexity index is 364. The number of hydrogen-bond acceptors (Lipinski definition) is 2. The second-order valence-electron chi connectivity index (χ2n) is 5.84. The SMILES string of the molecule is O=C(/C=C/C1CCCC1)NC1(C(=O)O)CCCCC1. The third-order valence-electron chi connectivity index (χ3n) is 4.40. The molecule has 0 unspecified atom stereocenters. The minimum absolute atomic E-state index is 0.254. The standard InChI is InChI=1S/C15H23NO3/c17-13(9-8-12-6-2-3-7-12)16-15(14(18)19)10-4-1-5-11-15/h8-9,12H,1-7,10-11H2,(H,16,17)(H,18,19)/b9-8+. The molecule has 0 aromatic rings. The van der Waals surface area contributed by atoms with Crippen molar-refractivity contribution in [2.24, 2.45) is 5.92 Å². The molecule has 1 amide bonds. The van der Waals surface area contributed by atoms with Gasteiger partial charge >= 0.3 is 5.97 Å². The van der Waals surface area contributed by atoms with Crippen molar-refractivity contribution in [2.45, 2.75) is 63.3 Å². The van der Waals surface area contributed by atoms with Gasteiger partial charge in [-0.05, 0) is 37.7 Å². The average molecular weight is 265 g/mol. The zero-order chi connectivity index (χ0) is 13.7. The zero-order valence-electron chi connectivity index (χ0n) is 11.4. The average Bonchev–Trinajstić information content (AvgIpc) is 2.90. The van der Waals surface area contributed by atoms with E-state index < -0.39 is 11.5 Å². The molecule has 2 N–H and O–H groups in total. The number of allylic oxidation sites excluding steroid dienone is 1. The van der Waals surface area contributed by atoms with E-state index in [1.54, 1.807) is 0 Å². The van der Waals surface area contributed by atoms with E-state index in [1.807, 2.05) is 6.08 Å². The quantitative estimate of drug-likeness (QED) is 0.768. The van der Waals surface area contributed by atoms with Crippen LogP contribution in [-0.4, -0.2) is 22.5 Å². The zero-order valence-corrected chi connectivity index (χ0v) is 11.4. The second-order valence-corrected chi connectivity index (χ2v) is 5.84. The van der Waals surface area contributed by atoms with Gasteiger partial charge in [0.1, 0.15) is 5.54 Å². The van der Waals surface area contributed by atoms with Gasteiger partial charge < -0.3 is 10.4 Å². The highest BCUT2D eigenvalue weighted by atomic mass is 16.4. The van der Waals surface area contributed by atoms with Crippen molar-refractivity contribution < 1.29 is 14.7 Å². The van der Waals surface area contributed by atoms with Crippen molar-refractivity contribution in [1.82, 2.24) is 5.32 Å². The van der Waals surface area contributed by atoms with Crippen LogP contribution >= 0.6 is 0 Å². The van der Waals surface area contributed by atoms with Crippen LogP contribution in [0.2, 0.25) is 0 Å². The maximum atomic E-state index is 11.9. The topological polar surface area (TPSA) is 66.4 Å². The summed E-state index contributed by atoms with van der Waals surface area (Å²) >= 11 is 0. The summed E-state index contributed by atoms with van der Waals surface area (Å²) in [5.74, 6) is -0.649. The molecule has 2 aliphatic rings. The Morgan fingerprint density at radius 1 is 1.05 bits per heavy atom. The van der Waals surface area contributed by atoms with Crippen LogP contribution in [0.5, 0.6) is 0 Å². The first-order chi connectivity index (χ1) is 9.12. The van der Waals surface area contributed by atoms with E-state index in [0.717, 1.165) is 32.1 Å². The molecule has 2 rings (SSSR count). The summed E-state index contributed by atoms with van der Waals surface area (Å²) in [6, 6.07) is 0. The van der Waals surface area contributed by atoms with Crippen molar-refractivity contribution in [3.63, 3.8) is 0 Å². The van der Waals surface area contributed by atoms with Crippen LogP contribution in [0.1, 0.15) is 57.8 Å². The molecule has 19 heavy (non-hydrogen) atoms. The van der Waals surface area contributed by atoms with Gasteiger partial charge in [0.25, 0.3) is 0 Å². The molecule has 0 saturated heterocycles. The van der Waals surface area contributed by atoms with Gasteiger partial charge in [0.15, 0.2) is 0 Å². The molecule has 4 heteroatoms. The van der Waals surface area contributed by atoms with Gasteiger partial charge in [-0.2, -0.15) is 0 Å². The Kier molecular flexibility index (Phi) is 4.61. The summed E-state index contributed by atoms with van der Waals surface area (Å²) in [6.45, 7) is 0. The summed E-state index contributed by atoms with van der Waals surface area (Å²) in [6.07, 6.45) is 12.1. The first-order valence-corrected chi connectivity index (χ1v) is 7.36. The van der Waals surface area contributed by atoms with Crippen LogP contribution in [0.15, 0.2) is 12.2 Å². The molecular formula is C15H23NO3. The largest absolute Gasteiger partial charge is 0.480 e.